The zero-order valence-corrected chi connectivity index (χ0v) is 14.9. The molecule has 1 N–H and O–H groups in total. The van der Waals surface area contributed by atoms with Crippen LogP contribution in [0.5, 0.6) is 0 Å². The summed E-state index contributed by atoms with van der Waals surface area (Å²) in [4.78, 5) is 24.5. The number of rotatable bonds is 4. The summed E-state index contributed by atoms with van der Waals surface area (Å²) in [7, 11) is 0. The zero-order chi connectivity index (χ0) is 18.3. The van der Waals surface area contributed by atoms with Crippen molar-refractivity contribution in [2.24, 2.45) is 5.92 Å². The van der Waals surface area contributed by atoms with Gasteiger partial charge in [-0.15, -0.1) is 0 Å². The summed E-state index contributed by atoms with van der Waals surface area (Å²) in [6.07, 6.45) is 3.43. The van der Waals surface area contributed by atoms with E-state index in [1.807, 2.05) is 25.1 Å². The van der Waals surface area contributed by atoms with Gasteiger partial charge in [-0.1, -0.05) is 19.0 Å². The Morgan fingerprint density at radius 3 is 2.96 bits per heavy atom. The highest BCUT2D eigenvalue weighted by Crippen LogP contribution is 2.25. The molecule has 1 aromatic carbocycles. The first-order chi connectivity index (χ1) is 12.5. The second kappa shape index (κ2) is 6.25. The Kier molecular flexibility index (Phi) is 3.91. The molecule has 0 fully saturated rings. The molecule has 7 heteroatoms. The molecule has 0 amide bonds. The molecule has 7 nitrogen and oxygen atoms in total. The van der Waals surface area contributed by atoms with Crippen molar-refractivity contribution in [2.75, 3.05) is 0 Å². The molecule has 0 bridgehead atoms. The normalized spacial score (nSPS) is 11.5. The summed E-state index contributed by atoms with van der Waals surface area (Å²) in [6.45, 7) is 6.76. The summed E-state index contributed by atoms with van der Waals surface area (Å²) in [5.74, 6) is 1.04. The minimum Gasteiger partial charge on any atom is -0.345 e. The van der Waals surface area contributed by atoms with E-state index in [0.29, 0.717) is 23.9 Å². The van der Waals surface area contributed by atoms with Gasteiger partial charge in [-0.25, -0.2) is 4.98 Å². The monoisotopic (exact) mass is 349 g/mol. The van der Waals surface area contributed by atoms with E-state index >= 15 is 0 Å². The van der Waals surface area contributed by atoms with Crippen molar-refractivity contribution in [3.8, 4) is 22.8 Å². The van der Waals surface area contributed by atoms with Crippen LogP contribution in [0.4, 0.5) is 0 Å². The number of pyridine rings is 1. The van der Waals surface area contributed by atoms with Crippen LogP contribution in [0.25, 0.3) is 33.9 Å². The van der Waals surface area contributed by atoms with Crippen molar-refractivity contribution in [3.05, 3.63) is 52.7 Å². The molecule has 0 saturated carbocycles. The van der Waals surface area contributed by atoms with Gasteiger partial charge in [-0.3, -0.25) is 4.79 Å². The predicted octanol–water partition coefficient (Wildman–Crippen LogP) is 3.41. The number of nitrogens with one attached hydrogen (secondary N) is 1. The number of benzene rings is 1. The average Bonchev–Trinajstić information content (AvgIpc) is 3.25. The lowest BCUT2D eigenvalue weighted by molar-refractivity contribution is 0.430. The Hall–Kier alpha value is -3.22. The first-order valence-corrected chi connectivity index (χ1v) is 8.50. The lowest BCUT2D eigenvalue weighted by Crippen LogP contribution is -2.23. The summed E-state index contributed by atoms with van der Waals surface area (Å²) in [6, 6.07) is 7.41. The Labute approximate surface area is 149 Å². The molecule has 0 spiro atoms. The van der Waals surface area contributed by atoms with Gasteiger partial charge in [0.05, 0.1) is 17.4 Å². The van der Waals surface area contributed by atoms with Crippen LogP contribution in [0.1, 0.15) is 19.4 Å². The molecule has 0 aliphatic carbocycles. The van der Waals surface area contributed by atoms with E-state index in [1.165, 1.54) is 0 Å². The van der Waals surface area contributed by atoms with Crippen molar-refractivity contribution in [3.63, 3.8) is 0 Å². The Morgan fingerprint density at radius 2 is 2.15 bits per heavy atom. The van der Waals surface area contributed by atoms with E-state index in [-0.39, 0.29) is 11.4 Å². The van der Waals surface area contributed by atoms with Crippen LogP contribution >= 0.6 is 0 Å². The molecule has 0 unspecified atom stereocenters. The van der Waals surface area contributed by atoms with Crippen molar-refractivity contribution in [1.29, 1.82) is 0 Å². The molecule has 26 heavy (non-hydrogen) atoms. The van der Waals surface area contributed by atoms with Gasteiger partial charge in [0.15, 0.2) is 0 Å². The van der Waals surface area contributed by atoms with Crippen molar-refractivity contribution >= 4 is 11.0 Å². The maximum absolute atomic E-state index is 12.7. The van der Waals surface area contributed by atoms with Crippen LogP contribution in [0.2, 0.25) is 0 Å². The third-order valence-electron chi connectivity index (χ3n) is 4.21. The first-order valence-electron chi connectivity index (χ1n) is 8.50. The second-order valence-corrected chi connectivity index (χ2v) is 6.79. The second-order valence-electron chi connectivity index (χ2n) is 6.79. The summed E-state index contributed by atoms with van der Waals surface area (Å²) >= 11 is 0. The third kappa shape index (κ3) is 2.81. The summed E-state index contributed by atoms with van der Waals surface area (Å²) in [5.41, 5.74) is 3.93. The van der Waals surface area contributed by atoms with Crippen LogP contribution in [-0.4, -0.2) is 24.7 Å². The SMILES string of the molecule is Cc1cc(-c2noc(-c3cccn(CC(C)C)c3=O)n2)cc2[nH]cnc12. The minimum absolute atomic E-state index is 0.128. The highest BCUT2D eigenvalue weighted by molar-refractivity contribution is 5.83. The molecule has 3 heterocycles. The molecule has 4 rings (SSSR count). The fraction of sp³-hybridized carbons (Fsp3) is 0.263. The molecule has 0 radical (unpaired) electrons. The maximum Gasteiger partial charge on any atom is 0.263 e. The molecule has 4 aromatic rings. The Balaban J connectivity index is 1.75. The third-order valence-corrected chi connectivity index (χ3v) is 4.21. The van der Waals surface area contributed by atoms with Gasteiger partial charge in [0, 0.05) is 18.3 Å². The van der Waals surface area contributed by atoms with E-state index in [2.05, 4.69) is 34.0 Å². The Morgan fingerprint density at radius 1 is 1.31 bits per heavy atom. The van der Waals surface area contributed by atoms with E-state index in [1.54, 1.807) is 23.2 Å². The highest BCUT2D eigenvalue weighted by atomic mass is 16.5. The number of H-pyrrole nitrogens is 1. The number of fused-ring (bicyclic) bond motifs is 1. The molecule has 3 aromatic heterocycles. The van der Waals surface area contributed by atoms with E-state index < -0.39 is 0 Å². The number of aromatic amines is 1. The first kappa shape index (κ1) is 16.3. The van der Waals surface area contributed by atoms with Crippen molar-refractivity contribution in [1.82, 2.24) is 24.7 Å². The van der Waals surface area contributed by atoms with E-state index in [4.69, 9.17) is 4.52 Å². The van der Waals surface area contributed by atoms with Gasteiger partial charge < -0.3 is 14.1 Å². The van der Waals surface area contributed by atoms with Crippen LogP contribution < -0.4 is 5.56 Å². The highest BCUT2D eigenvalue weighted by Gasteiger charge is 2.16. The van der Waals surface area contributed by atoms with E-state index in [9.17, 15) is 4.79 Å². The number of imidazole rings is 1. The van der Waals surface area contributed by atoms with Gasteiger partial charge in [0.2, 0.25) is 5.82 Å². The number of aryl methyl sites for hydroxylation is 1. The smallest absolute Gasteiger partial charge is 0.263 e. The van der Waals surface area contributed by atoms with Gasteiger partial charge in [0.1, 0.15) is 5.56 Å². The van der Waals surface area contributed by atoms with Gasteiger partial charge in [-0.2, -0.15) is 4.98 Å². The Bertz CT molecular complexity index is 1140. The largest absolute Gasteiger partial charge is 0.345 e. The minimum atomic E-state index is -0.128. The lowest BCUT2D eigenvalue weighted by Gasteiger charge is -2.08. The fourth-order valence-electron chi connectivity index (χ4n) is 3.04. The molecule has 0 atom stereocenters. The zero-order valence-electron chi connectivity index (χ0n) is 14.9. The molecule has 0 aliphatic heterocycles. The van der Waals surface area contributed by atoms with Gasteiger partial charge in [0.25, 0.3) is 11.4 Å². The maximum atomic E-state index is 12.7. The molecular weight excluding hydrogens is 330 g/mol. The van der Waals surface area contributed by atoms with Crippen molar-refractivity contribution < 1.29 is 4.52 Å². The molecule has 0 aliphatic rings. The molecular formula is C19H19N5O2. The molecule has 132 valence electrons. The topological polar surface area (TPSA) is 89.6 Å². The van der Waals surface area contributed by atoms with Crippen LogP contribution in [0.3, 0.4) is 0 Å². The molecule has 0 saturated heterocycles. The quantitative estimate of drug-likeness (QED) is 0.610. The average molecular weight is 349 g/mol. The number of hydrogen-bond donors (Lipinski definition) is 1. The lowest BCUT2D eigenvalue weighted by atomic mass is 10.1. The predicted molar refractivity (Wildman–Crippen MR) is 98.7 cm³/mol. The number of nitrogens with zero attached hydrogens (tertiary/aromatic N) is 4. The van der Waals surface area contributed by atoms with Crippen molar-refractivity contribution in [2.45, 2.75) is 27.3 Å². The summed E-state index contributed by atoms with van der Waals surface area (Å²) < 4.78 is 7.05. The van der Waals surface area contributed by atoms with Crippen LogP contribution in [-0.2, 0) is 6.54 Å². The van der Waals surface area contributed by atoms with Crippen LogP contribution in [0, 0.1) is 12.8 Å². The van der Waals surface area contributed by atoms with E-state index in [0.717, 1.165) is 22.2 Å². The van der Waals surface area contributed by atoms with Crippen LogP contribution in [0.15, 0.2) is 46.1 Å². The fourth-order valence-corrected chi connectivity index (χ4v) is 3.04. The standard InChI is InChI=1S/C19H19N5O2/c1-11(2)9-24-6-4-5-14(19(24)25)18-22-17(23-26-18)13-7-12(3)16-15(8-13)20-10-21-16/h4-8,10-11H,9H2,1-3H3,(H,20,21). The number of hydrogen-bond acceptors (Lipinski definition) is 5. The van der Waals surface area contributed by atoms with Gasteiger partial charge >= 0.3 is 0 Å². The summed E-state index contributed by atoms with van der Waals surface area (Å²) in [5, 5.41) is 4.06. The van der Waals surface area contributed by atoms with Gasteiger partial charge in [-0.05, 0) is 42.7 Å². The number of aromatic nitrogens is 5.